The molecule has 1 spiro atoms. The third-order valence-electron chi connectivity index (χ3n) is 9.26. The molecule has 2 aliphatic rings. The molecular weight excluding hydrogens is 492 g/mol. The summed E-state index contributed by atoms with van der Waals surface area (Å²) in [5.41, 5.74) is 8.46. The topological polar surface area (TPSA) is 9.23 Å². The highest BCUT2D eigenvalue weighted by Gasteiger charge is 2.53. The molecule has 0 radical (unpaired) electrons. The molecule has 0 unspecified atom stereocenters. The van der Waals surface area contributed by atoms with Crippen molar-refractivity contribution in [1.29, 1.82) is 0 Å². The highest BCUT2D eigenvalue weighted by Crippen LogP contribution is 2.64. The van der Waals surface area contributed by atoms with E-state index < -0.39 is 0 Å². The van der Waals surface area contributed by atoms with Gasteiger partial charge >= 0.3 is 0 Å². The second kappa shape index (κ2) is 8.38. The zero-order valence-electron chi connectivity index (χ0n) is 23.6. The minimum absolute atomic E-state index is 0.00954. The lowest BCUT2D eigenvalue weighted by Gasteiger charge is -2.51. The van der Waals surface area contributed by atoms with Crippen molar-refractivity contribution in [3.63, 3.8) is 0 Å². The molecule has 1 saturated carbocycles. The van der Waals surface area contributed by atoms with Crippen LogP contribution in [0.4, 0.5) is 0 Å². The molecule has 0 saturated heterocycles. The molecule has 0 atom stereocenters. The molecule has 0 heterocycles. The summed E-state index contributed by atoms with van der Waals surface area (Å²) in [6.45, 7) is 9.83. The summed E-state index contributed by atoms with van der Waals surface area (Å²) in [6, 6.07) is 31.2. The molecule has 2 heteroatoms. The van der Waals surface area contributed by atoms with Crippen molar-refractivity contribution >= 4 is 34.2 Å². The lowest BCUT2D eigenvalue weighted by atomic mass is 9.52. The van der Waals surface area contributed by atoms with Gasteiger partial charge in [0.15, 0.2) is 0 Å². The molecule has 2 aliphatic carbocycles. The standard InChI is InChI=1S/C37H36OS/c1-35(2)20-36(3,4)22-37(21-35)30-16-9-8-14-26(30)34-29-18-32(38-5)27(17-28(29)33(39)19-31(34)37)25-15-10-12-23-11-6-7-13-24(23)25/h6-19,39H,20-22H2,1-5H3. The van der Waals surface area contributed by atoms with Gasteiger partial charge in [-0.2, -0.15) is 0 Å². The van der Waals surface area contributed by atoms with E-state index in [1.807, 2.05) is 0 Å². The SMILES string of the molecule is COc1cc2c3c(cc(S)c2cc1-c1cccc2ccccc12)C1(CC(C)(C)CC(C)(C)C1)c1ccccc1-3. The van der Waals surface area contributed by atoms with Crippen LogP contribution in [0.3, 0.4) is 0 Å². The van der Waals surface area contributed by atoms with Crippen LogP contribution < -0.4 is 4.74 Å². The average Bonchev–Trinajstić information content (AvgIpc) is 3.14. The van der Waals surface area contributed by atoms with Crippen LogP contribution in [0.5, 0.6) is 5.75 Å². The van der Waals surface area contributed by atoms with E-state index in [0.717, 1.165) is 29.1 Å². The minimum atomic E-state index is -0.00954. The van der Waals surface area contributed by atoms with Crippen LogP contribution in [0.15, 0.2) is 89.8 Å². The number of thiol groups is 1. The molecule has 0 aromatic heterocycles. The van der Waals surface area contributed by atoms with Crippen molar-refractivity contribution in [1.82, 2.24) is 0 Å². The number of ether oxygens (including phenoxy) is 1. The van der Waals surface area contributed by atoms with Crippen LogP contribution >= 0.6 is 12.6 Å². The monoisotopic (exact) mass is 528 g/mol. The van der Waals surface area contributed by atoms with Crippen LogP contribution in [-0.2, 0) is 5.41 Å². The molecule has 39 heavy (non-hydrogen) atoms. The second-order valence-electron chi connectivity index (χ2n) is 13.4. The average molecular weight is 529 g/mol. The number of fused-ring (bicyclic) bond motifs is 8. The molecule has 0 amide bonds. The summed E-state index contributed by atoms with van der Waals surface area (Å²) in [6.07, 6.45) is 3.54. The highest BCUT2D eigenvalue weighted by atomic mass is 32.1. The van der Waals surface area contributed by atoms with Crippen LogP contribution in [0.2, 0.25) is 0 Å². The van der Waals surface area contributed by atoms with Gasteiger partial charge in [0.2, 0.25) is 0 Å². The summed E-state index contributed by atoms with van der Waals surface area (Å²) in [5.74, 6) is 0.905. The first-order chi connectivity index (χ1) is 18.6. The van der Waals surface area contributed by atoms with E-state index in [1.54, 1.807) is 7.11 Å². The summed E-state index contributed by atoms with van der Waals surface area (Å²) in [5, 5.41) is 4.89. The Morgan fingerprint density at radius 1 is 0.615 bits per heavy atom. The summed E-state index contributed by atoms with van der Waals surface area (Å²) in [4.78, 5) is 1.04. The Labute approximate surface area is 237 Å². The van der Waals surface area contributed by atoms with Crippen LogP contribution in [0.25, 0.3) is 43.8 Å². The Kier molecular flexibility index (Phi) is 5.33. The van der Waals surface area contributed by atoms with E-state index in [4.69, 9.17) is 17.4 Å². The van der Waals surface area contributed by atoms with Gasteiger partial charge in [-0.25, -0.2) is 0 Å². The Bertz CT molecular complexity index is 1770. The van der Waals surface area contributed by atoms with Gasteiger partial charge in [-0.1, -0.05) is 94.4 Å². The highest BCUT2D eigenvalue weighted by molar-refractivity contribution is 7.80. The third kappa shape index (κ3) is 3.68. The zero-order chi connectivity index (χ0) is 27.2. The van der Waals surface area contributed by atoms with E-state index in [0.29, 0.717) is 0 Å². The molecule has 0 N–H and O–H groups in total. The number of hydrogen-bond acceptors (Lipinski definition) is 2. The zero-order valence-corrected chi connectivity index (χ0v) is 24.5. The fourth-order valence-corrected chi connectivity index (χ4v) is 9.01. The Hall–Kier alpha value is -3.23. The van der Waals surface area contributed by atoms with E-state index in [1.165, 1.54) is 55.8 Å². The lowest BCUT2D eigenvalue weighted by Crippen LogP contribution is -2.43. The van der Waals surface area contributed by atoms with Gasteiger partial charge in [-0.3, -0.25) is 0 Å². The fourth-order valence-electron chi connectivity index (χ4n) is 8.70. The largest absolute Gasteiger partial charge is 0.496 e. The smallest absolute Gasteiger partial charge is 0.127 e. The molecule has 7 rings (SSSR count). The van der Waals surface area contributed by atoms with E-state index >= 15 is 0 Å². The predicted octanol–water partition coefficient (Wildman–Crippen LogP) is 10.5. The summed E-state index contributed by atoms with van der Waals surface area (Å²) in [7, 11) is 1.79. The van der Waals surface area contributed by atoms with Crippen LogP contribution in [-0.4, -0.2) is 7.11 Å². The maximum absolute atomic E-state index is 6.12. The third-order valence-corrected chi connectivity index (χ3v) is 9.63. The Morgan fingerprint density at radius 2 is 1.28 bits per heavy atom. The fraction of sp³-hybridized carbons (Fsp3) is 0.297. The molecular formula is C37H36OS. The van der Waals surface area contributed by atoms with Crippen LogP contribution in [0, 0.1) is 10.8 Å². The van der Waals surface area contributed by atoms with Crippen molar-refractivity contribution in [3.8, 4) is 28.0 Å². The van der Waals surface area contributed by atoms with Gasteiger partial charge in [-0.15, -0.1) is 12.6 Å². The molecule has 0 aliphatic heterocycles. The normalized spacial score (nSPS) is 18.3. The lowest BCUT2D eigenvalue weighted by molar-refractivity contribution is 0.0645. The van der Waals surface area contributed by atoms with Gasteiger partial charge in [0.05, 0.1) is 7.11 Å². The quantitative estimate of drug-likeness (QED) is 0.224. The van der Waals surface area contributed by atoms with E-state index in [-0.39, 0.29) is 16.2 Å². The minimum Gasteiger partial charge on any atom is -0.496 e. The predicted molar refractivity (Wildman–Crippen MR) is 168 cm³/mol. The van der Waals surface area contributed by atoms with Gasteiger partial charge in [0, 0.05) is 15.9 Å². The van der Waals surface area contributed by atoms with Crippen molar-refractivity contribution < 1.29 is 4.74 Å². The number of methoxy groups -OCH3 is 1. The molecule has 5 aromatic rings. The van der Waals surface area contributed by atoms with Gasteiger partial charge in [-0.05, 0) is 97.7 Å². The van der Waals surface area contributed by atoms with Gasteiger partial charge in [0.25, 0.3) is 0 Å². The molecule has 5 aromatic carbocycles. The van der Waals surface area contributed by atoms with Crippen molar-refractivity contribution in [2.45, 2.75) is 57.3 Å². The Morgan fingerprint density at radius 3 is 2.05 bits per heavy atom. The first kappa shape index (κ1) is 24.8. The second-order valence-corrected chi connectivity index (χ2v) is 13.9. The van der Waals surface area contributed by atoms with Crippen LogP contribution in [0.1, 0.15) is 58.1 Å². The van der Waals surface area contributed by atoms with E-state index in [2.05, 4.69) is 113 Å². The Balaban J connectivity index is 1.55. The van der Waals surface area contributed by atoms with Gasteiger partial charge in [0.1, 0.15) is 5.75 Å². The van der Waals surface area contributed by atoms with E-state index in [9.17, 15) is 0 Å². The molecule has 1 fully saturated rings. The molecule has 0 bridgehead atoms. The molecule has 1 nitrogen and oxygen atoms in total. The number of hydrogen-bond donors (Lipinski definition) is 1. The maximum Gasteiger partial charge on any atom is 0.127 e. The van der Waals surface area contributed by atoms with Crippen molar-refractivity contribution in [2.24, 2.45) is 10.8 Å². The molecule has 196 valence electrons. The van der Waals surface area contributed by atoms with Gasteiger partial charge < -0.3 is 4.74 Å². The van der Waals surface area contributed by atoms with Crippen molar-refractivity contribution in [2.75, 3.05) is 7.11 Å². The van der Waals surface area contributed by atoms with Crippen molar-refractivity contribution in [3.05, 3.63) is 96.1 Å². The number of rotatable bonds is 2. The summed E-state index contributed by atoms with van der Waals surface area (Å²) < 4.78 is 6.12. The summed E-state index contributed by atoms with van der Waals surface area (Å²) >= 11 is 5.17. The first-order valence-corrected chi connectivity index (χ1v) is 14.5. The number of benzene rings is 5. The maximum atomic E-state index is 6.12. The first-order valence-electron chi connectivity index (χ1n) is 14.1.